The number of nitrogens with zero attached hydrogens (tertiary/aromatic N) is 4. The van der Waals surface area contributed by atoms with Gasteiger partial charge in [0.15, 0.2) is 5.82 Å². The maximum absolute atomic E-state index is 8.74. The highest BCUT2D eigenvalue weighted by molar-refractivity contribution is 5.61. The Morgan fingerprint density at radius 1 is 0.947 bits per heavy atom. The van der Waals surface area contributed by atoms with E-state index in [4.69, 9.17) is 5.26 Å². The fourth-order valence-corrected chi connectivity index (χ4v) is 1.82. The number of aromatic nitrogens is 3. The highest BCUT2D eigenvalue weighted by Crippen LogP contribution is 2.18. The first-order valence-electron chi connectivity index (χ1n) is 5.83. The minimum absolute atomic E-state index is 0.541. The minimum Gasteiger partial charge on any atom is -0.236 e. The van der Waals surface area contributed by atoms with Gasteiger partial charge < -0.3 is 0 Å². The van der Waals surface area contributed by atoms with Gasteiger partial charge in [0, 0.05) is 18.0 Å². The van der Waals surface area contributed by atoms with Crippen LogP contribution in [0.15, 0.2) is 61.1 Å². The van der Waals surface area contributed by atoms with Crippen LogP contribution in [-0.4, -0.2) is 14.8 Å². The van der Waals surface area contributed by atoms with Crippen molar-refractivity contribution in [3.05, 3.63) is 66.6 Å². The van der Waals surface area contributed by atoms with E-state index < -0.39 is 0 Å². The lowest BCUT2D eigenvalue weighted by Gasteiger charge is -1.99. The van der Waals surface area contributed by atoms with Gasteiger partial charge in [-0.1, -0.05) is 30.3 Å². The van der Waals surface area contributed by atoms with Gasteiger partial charge in [-0.15, -0.1) is 0 Å². The number of hydrogen-bond donors (Lipinski definition) is 0. The van der Waals surface area contributed by atoms with E-state index in [0.29, 0.717) is 11.4 Å². The molecular weight excluding hydrogens is 236 g/mol. The summed E-state index contributed by atoms with van der Waals surface area (Å²) in [6, 6.07) is 15.6. The standard InChI is InChI=1S/C15H10N4/c16-8-12-6-7-15(17-9-12)19-11-14(10-18-19)13-4-2-1-3-5-13/h1-7,9-11H. The van der Waals surface area contributed by atoms with Crippen LogP contribution in [0.4, 0.5) is 0 Å². The van der Waals surface area contributed by atoms with Crippen molar-refractivity contribution in [3.8, 4) is 23.0 Å². The molecule has 1 aromatic carbocycles. The molecule has 4 heteroatoms. The molecule has 0 atom stereocenters. The Hall–Kier alpha value is -2.93. The Bertz CT molecular complexity index is 721. The summed E-state index contributed by atoms with van der Waals surface area (Å²) >= 11 is 0. The number of benzene rings is 1. The van der Waals surface area contributed by atoms with Gasteiger partial charge in [-0.3, -0.25) is 0 Å². The van der Waals surface area contributed by atoms with Crippen molar-refractivity contribution < 1.29 is 0 Å². The molecule has 0 N–H and O–H groups in total. The molecule has 0 amide bonds. The molecular formula is C15H10N4. The molecule has 0 aliphatic carbocycles. The predicted octanol–water partition coefficient (Wildman–Crippen LogP) is 2.81. The van der Waals surface area contributed by atoms with Crippen LogP contribution in [-0.2, 0) is 0 Å². The van der Waals surface area contributed by atoms with Crippen LogP contribution in [0.25, 0.3) is 16.9 Å². The van der Waals surface area contributed by atoms with Gasteiger partial charge in [-0.05, 0) is 17.7 Å². The molecule has 0 spiro atoms. The van der Waals surface area contributed by atoms with Crippen molar-refractivity contribution in [2.24, 2.45) is 0 Å². The van der Waals surface area contributed by atoms with Crippen LogP contribution in [0.1, 0.15) is 5.56 Å². The molecule has 4 nitrogen and oxygen atoms in total. The molecule has 3 rings (SSSR count). The van der Waals surface area contributed by atoms with Gasteiger partial charge in [-0.25, -0.2) is 9.67 Å². The van der Waals surface area contributed by atoms with Crippen molar-refractivity contribution in [1.82, 2.24) is 14.8 Å². The number of hydrogen-bond acceptors (Lipinski definition) is 3. The highest BCUT2D eigenvalue weighted by Gasteiger charge is 2.03. The lowest BCUT2D eigenvalue weighted by Crippen LogP contribution is -1.97. The molecule has 2 aromatic heterocycles. The Morgan fingerprint density at radius 3 is 2.47 bits per heavy atom. The molecule has 2 heterocycles. The first-order valence-corrected chi connectivity index (χ1v) is 5.83. The van der Waals surface area contributed by atoms with E-state index in [-0.39, 0.29) is 0 Å². The third-order valence-corrected chi connectivity index (χ3v) is 2.80. The van der Waals surface area contributed by atoms with Crippen molar-refractivity contribution in [3.63, 3.8) is 0 Å². The topological polar surface area (TPSA) is 54.5 Å². The third-order valence-electron chi connectivity index (χ3n) is 2.80. The van der Waals surface area contributed by atoms with Gasteiger partial charge >= 0.3 is 0 Å². The van der Waals surface area contributed by atoms with Gasteiger partial charge in [0.05, 0.1) is 11.8 Å². The van der Waals surface area contributed by atoms with E-state index in [2.05, 4.69) is 10.1 Å². The average Bonchev–Trinajstić information content (AvgIpc) is 2.98. The fraction of sp³-hybridized carbons (Fsp3) is 0. The van der Waals surface area contributed by atoms with Crippen molar-refractivity contribution in [1.29, 1.82) is 5.26 Å². The van der Waals surface area contributed by atoms with Crippen molar-refractivity contribution in [2.75, 3.05) is 0 Å². The molecule has 0 aliphatic heterocycles. The van der Waals surface area contributed by atoms with E-state index in [1.807, 2.05) is 42.6 Å². The Morgan fingerprint density at radius 2 is 1.79 bits per heavy atom. The maximum atomic E-state index is 8.74. The quantitative estimate of drug-likeness (QED) is 0.698. The highest BCUT2D eigenvalue weighted by atomic mass is 15.3. The number of nitriles is 1. The van der Waals surface area contributed by atoms with E-state index in [9.17, 15) is 0 Å². The van der Waals surface area contributed by atoms with Gasteiger partial charge in [0.2, 0.25) is 0 Å². The lowest BCUT2D eigenvalue weighted by molar-refractivity contribution is 0.846. The summed E-state index contributed by atoms with van der Waals surface area (Å²) in [5.74, 6) is 0.696. The smallest absolute Gasteiger partial charge is 0.153 e. The monoisotopic (exact) mass is 246 g/mol. The molecule has 0 radical (unpaired) electrons. The zero-order chi connectivity index (χ0) is 13.1. The van der Waals surface area contributed by atoms with E-state index in [0.717, 1.165) is 11.1 Å². The second kappa shape index (κ2) is 4.75. The molecule has 3 aromatic rings. The number of rotatable bonds is 2. The first-order chi connectivity index (χ1) is 9.36. The molecule has 0 aliphatic rings. The van der Waals surface area contributed by atoms with Crippen LogP contribution < -0.4 is 0 Å². The molecule has 19 heavy (non-hydrogen) atoms. The first kappa shape index (κ1) is 11.2. The maximum Gasteiger partial charge on any atom is 0.153 e. The second-order valence-electron chi connectivity index (χ2n) is 4.06. The molecule has 0 fully saturated rings. The summed E-state index contributed by atoms with van der Waals surface area (Å²) in [5, 5.41) is 13.0. The molecule has 90 valence electrons. The normalized spacial score (nSPS) is 10.1. The Labute approximate surface area is 110 Å². The van der Waals surface area contributed by atoms with Crippen molar-refractivity contribution >= 4 is 0 Å². The summed E-state index contributed by atoms with van der Waals surface area (Å²) in [4.78, 5) is 4.20. The minimum atomic E-state index is 0.541. The third kappa shape index (κ3) is 2.22. The van der Waals surface area contributed by atoms with Gasteiger partial charge in [-0.2, -0.15) is 10.4 Å². The zero-order valence-corrected chi connectivity index (χ0v) is 10.1. The largest absolute Gasteiger partial charge is 0.236 e. The van der Waals surface area contributed by atoms with Gasteiger partial charge in [0.25, 0.3) is 0 Å². The Balaban J connectivity index is 1.95. The average molecular weight is 246 g/mol. The molecule has 0 unspecified atom stereocenters. The van der Waals surface area contributed by atoms with E-state index in [1.54, 1.807) is 29.2 Å². The van der Waals surface area contributed by atoms with Crippen molar-refractivity contribution in [2.45, 2.75) is 0 Å². The molecule has 0 saturated carbocycles. The van der Waals surface area contributed by atoms with E-state index >= 15 is 0 Å². The number of pyridine rings is 1. The van der Waals surface area contributed by atoms with Crippen LogP contribution in [0.5, 0.6) is 0 Å². The SMILES string of the molecule is N#Cc1ccc(-n2cc(-c3ccccc3)cn2)nc1. The lowest BCUT2D eigenvalue weighted by atomic mass is 10.1. The van der Waals surface area contributed by atoms with Crippen LogP contribution in [0, 0.1) is 11.3 Å². The van der Waals surface area contributed by atoms with Crippen LogP contribution in [0.2, 0.25) is 0 Å². The summed E-state index contributed by atoms with van der Waals surface area (Å²) in [6.07, 6.45) is 5.26. The predicted molar refractivity (Wildman–Crippen MR) is 71.5 cm³/mol. The second-order valence-corrected chi connectivity index (χ2v) is 4.06. The zero-order valence-electron chi connectivity index (χ0n) is 10.1. The summed E-state index contributed by atoms with van der Waals surface area (Å²) in [6.45, 7) is 0. The van der Waals surface area contributed by atoms with Gasteiger partial charge in [0.1, 0.15) is 6.07 Å². The fourth-order valence-electron chi connectivity index (χ4n) is 1.82. The summed E-state index contributed by atoms with van der Waals surface area (Å²) in [7, 11) is 0. The van der Waals surface area contributed by atoms with E-state index in [1.165, 1.54) is 0 Å². The Kier molecular flexibility index (Phi) is 2.79. The molecule has 0 bridgehead atoms. The van der Waals surface area contributed by atoms with Crippen LogP contribution >= 0.6 is 0 Å². The van der Waals surface area contributed by atoms with Crippen LogP contribution in [0.3, 0.4) is 0 Å². The molecule has 0 saturated heterocycles. The summed E-state index contributed by atoms with van der Waals surface area (Å²) < 4.78 is 1.70. The summed E-state index contributed by atoms with van der Waals surface area (Å²) in [5.41, 5.74) is 2.69.